The molecular formula is C26H24N6O3. The number of hydrogen-bond acceptors (Lipinski definition) is 7. The van der Waals surface area contributed by atoms with Gasteiger partial charge < -0.3 is 15.0 Å². The SMILES string of the molecule is C=C1Nc2c(C)cc(C(=O)c3cc(N4CCC(n5c(=O)[nH]c6ncccc65)CC4)ccn3)cc2O1. The van der Waals surface area contributed by atoms with Gasteiger partial charge in [-0.3, -0.25) is 19.3 Å². The molecule has 0 bridgehead atoms. The molecule has 0 amide bonds. The second-order valence-corrected chi connectivity index (χ2v) is 8.93. The van der Waals surface area contributed by atoms with Crippen molar-refractivity contribution in [1.82, 2.24) is 19.5 Å². The van der Waals surface area contributed by atoms with E-state index >= 15 is 0 Å². The number of aromatic nitrogens is 4. The van der Waals surface area contributed by atoms with Crippen LogP contribution in [0.5, 0.6) is 5.75 Å². The van der Waals surface area contributed by atoms with Gasteiger partial charge in [-0.05, 0) is 68.3 Å². The lowest BCUT2D eigenvalue weighted by molar-refractivity contribution is 0.103. The largest absolute Gasteiger partial charge is 0.439 e. The molecule has 0 spiro atoms. The van der Waals surface area contributed by atoms with Crippen molar-refractivity contribution < 1.29 is 9.53 Å². The summed E-state index contributed by atoms with van der Waals surface area (Å²) < 4.78 is 7.41. The molecule has 0 unspecified atom stereocenters. The number of imidazole rings is 1. The van der Waals surface area contributed by atoms with Crippen LogP contribution in [0.1, 0.15) is 40.5 Å². The number of nitrogens with zero attached hydrogens (tertiary/aromatic N) is 4. The van der Waals surface area contributed by atoms with Gasteiger partial charge in [0.15, 0.2) is 17.3 Å². The molecule has 9 heteroatoms. The monoisotopic (exact) mass is 468 g/mol. The van der Waals surface area contributed by atoms with Crippen molar-refractivity contribution in [2.24, 2.45) is 0 Å². The zero-order valence-corrected chi connectivity index (χ0v) is 19.2. The van der Waals surface area contributed by atoms with Gasteiger partial charge in [0.25, 0.3) is 0 Å². The molecule has 1 saturated heterocycles. The Morgan fingerprint density at radius 3 is 2.80 bits per heavy atom. The minimum absolute atomic E-state index is 0.0948. The molecule has 2 aliphatic rings. The fraction of sp³-hybridized carbons (Fsp3) is 0.231. The number of piperidine rings is 1. The number of hydrogen-bond donors (Lipinski definition) is 2. The van der Waals surface area contributed by atoms with Crippen molar-refractivity contribution >= 4 is 28.3 Å². The Kier molecular flexibility index (Phi) is 4.91. The summed E-state index contributed by atoms with van der Waals surface area (Å²) in [4.78, 5) is 39.5. The van der Waals surface area contributed by atoms with E-state index in [0.29, 0.717) is 28.5 Å². The van der Waals surface area contributed by atoms with Crippen molar-refractivity contribution in [3.8, 4) is 5.75 Å². The smallest absolute Gasteiger partial charge is 0.327 e. The van der Waals surface area contributed by atoms with Crippen molar-refractivity contribution in [2.45, 2.75) is 25.8 Å². The van der Waals surface area contributed by atoms with Gasteiger partial charge in [0.2, 0.25) is 5.78 Å². The molecular weight excluding hydrogens is 444 g/mol. The van der Waals surface area contributed by atoms with Crippen molar-refractivity contribution in [3.63, 3.8) is 0 Å². The molecule has 0 aliphatic carbocycles. The molecule has 5 heterocycles. The standard InChI is InChI=1S/C26H24N6O3/c1-15-12-17(13-22-23(15)29-16(2)35-22)24(33)20-14-19(5-9-27-20)31-10-6-18(7-11-31)32-21-4-3-8-28-25(21)30-26(32)34/h3-5,8-9,12-14,18,29H,2,6-7,10-11H2,1H3,(H,28,30,34). The van der Waals surface area contributed by atoms with Crippen LogP contribution < -0.4 is 20.6 Å². The molecule has 6 rings (SSSR count). The number of H-pyrrole nitrogens is 1. The maximum Gasteiger partial charge on any atom is 0.327 e. The number of anilines is 2. The summed E-state index contributed by atoms with van der Waals surface area (Å²) >= 11 is 0. The van der Waals surface area contributed by atoms with E-state index in [-0.39, 0.29) is 17.5 Å². The minimum atomic E-state index is -0.161. The average molecular weight is 469 g/mol. The molecule has 0 radical (unpaired) electrons. The third-order valence-electron chi connectivity index (χ3n) is 6.72. The highest BCUT2D eigenvalue weighted by Crippen LogP contribution is 2.37. The number of aromatic amines is 1. The van der Waals surface area contributed by atoms with Crippen molar-refractivity contribution in [2.75, 3.05) is 23.3 Å². The van der Waals surface area contributed by atoms with E-state index in [1.54, 1.807) is 18.5 Å². The first-order chi connectivity index (χ1) is 17.0. The highest BCUT2D eigenvalue weighted by molar-refractivity contribution is 6.09. The number of benzene rings is 1. The molecule has 0 saturated carbocycles. The molecule has 35 heavy (non-hydrogen) atoms. The maximum absolute atomic E-state index is 13.3. The molecule has 3 aromatic heterocycles. The third kappa shape index (κ3) is 3.65. The Morgan fingerprint density at radius 1 is 1.14 bits per heavy atom. The number of nitrogens with one attached hydrogen (secondary N) is 2. The Hall–Kier alpha value is -4.40. The Balaban J connectivity index is 1.21. The van der Waals surface area contributed by atoms with E-state index in [4.69, 9.17) is 4.74 Å². The number of aryl methyl sites for hydroxylation is 1. The zero-order chi connectivity index (χ0) is 24.1. The fourth-order valence-corrected chi connectivity index (χ4v) is 5.02. The van der Waals surface area contributed by atoms with Gasteiger partial charge >= 0.3 is 5.69 Å². The van der Waals surface area contributed by atoms with Crippen LogP contribution in [0, 0.1) is 6.92 Å². The summed E-state index contributed by atoms with van der Waals surface area (Å²) in [5, 5.41) is 3.07. The Bertz CT molecular complexity index is 1540. The molecule has 176 valence electrons. The number of pyridine rings is 2. The van der Waals surface area contributed by atoms with Gasteiger partial charge in [0.1, 0.15) is 5.69 Å². The van der Waals surface area contributed by atoms with Crippen LogP contribution in [-0.2, 0) is 0 Å². The number of fused-ring (bicyclic) bond motifs is 2. The van der Waals surface area contributed by atoms with Gasteiger partial charge in [-0.1, -0.05) is 0 Å². The summed E-state index contributed by atoms with van der Waals surface area (Å²) in [6.07, 6.45) is 4.97. The number of ether oxygens (including phenoxy) is 1. The zero-order valence-electron chi connectivity index (χ0n) is 19.2. The second kappa shape index (κ2) is 8.12. The van der Waals surface area contributed by atoms with Crippen LogP contribution in [0.4, 0.5) is 11.4 Å². The third-order valence-corrected chi connectivity index (χ3v) is 6.72. The van der Waals surface area contributed by atoms with E-state index in [1.807, 2.05) is 41.8 Å². The van der Waals surface area contributed by atoms with Crippen LogP contribution in [0.2, 0.25) is 0 Å². The van der Waals surface area contributed by atoms with Crippen molar-refractivity contribution in [1.29, 1.82) is 0 Å². The maximum atomic E-state index is 13.3. The van der Waals surface area contributed by atoms with Gasteiger partial charge in [-0.2, -0.15) is 0 Å². The second-order valence-electron chi connectivity index (χ2n) is 8.93. The first-order valence-electron chi connectivity index (χ1n) is 11.6. The van der Waals surface area contributed by atoms with Crippen LogP contribution in [0.15, 0.2) is 66.0 Å². The molecule has 2 aliphatic heterocycles. The summed E-state index contributed by atoms with van der Waals surface area (Å²) in [6.45, 7) is 7.24. The van der Waals surface area contributed by atoms with Gasteiger partial charge in [-0.25, -0.2) is 9.78 Å². The number of carbonyl (C=O) groups excluding carboxylic acids is 1. The molecule has 0 atom stereocenters. The predicted molar refractivity (Wildman–Crippen MR) is 133 cm³/mol. The predicted octanol–water partition coefficient (Wildman–Crippen LogP) is 3.78. The number of ketones is 1. The van der Waals surface area contributed by atoms with Crippen LogP contribution in [0.3, 0.4) is 0 Å². The van der Waals surface area contributed by atoms with Gasteiger partial charge in [-0.15, -0.1) is 0 Å². The van der Waals surface area contributed by atoms with Crippen LogP contribution in [0.25, 0.3) is 11.2 Å². The summed E-state index contributed by atoms with van der Waals surface area (Å²) in [5.74, 6) is 0.883. The van der Waals surface area contributed by atoms with Gasteiger partial charge in [0, 0.05) is 42.8 Å². The first-order valence-corrected chi connectivity index (χ1v) is 11.6. The van der Waals surface area contributed by atoms with Gasteiger partial charge in [0.05, 0.1) is 11.2 Å². The van der Waals surface area contributed by atoms with Crippen LogP contribution in [-0.4, -0.2) is 38.4 Å². The molecule has 9 nitrogen and oxygen atoms in total. The number of rotatable bonds is 4. The lowest BCUT2D eigenvalue weighted by Crippen LogP contribution is -2.37. The molecule has 2 N–H and O–H groups in total. The van der Waals surface area contributed by atoms with E-state index in [9.17, 15) is 9.59 Å². The Labute approximate surface area is 201 Å². The molecule has 4 aromatic rings. The summed E-state index contributed by atoms with van der Waals surface area (Å²) in [7, 11) is 0. The fourth-order valence-electron chi connectivity index (χ4n) is 5.02. The molecule has 1 fully saturated rings. The first kappa shape index (κ1) is 21.2. The minimum Gasteiger partial charge on any atom is -0.439 e. The van der Waals surface area contributed by atoms with E-state index in [1.165, 1.54) is 0 Å². The highest BCUT2D eigenvalue weighted by Gasteiger charge is 2.25. The summed E-state index contributed by atoms with van der Waals surface area (Å²) in [6, 6.07) is 11.2. The van der Waals surface area contributed by atoms with E-state index in [2.05, 4.69) is 31.7 Å². The number of carbonyl (C=O) groups is 1. The lowest BCUT2D eigenvalue weighted by Gasteiger charge is -2.34. The molecule has 1 aromatic carbocycles. The van der Waals surface area contributed by atoms with Crippen molar-refractivity contribution in [3.05, 3.63) is 88.6 Å². The highest BCUT2D eigenvalue weighted by atomic mass is 16.5. The van der Waals surface area contributed by atoms with E-state index in [0.717, 1.165) is 48.4 Å². The summed E-state index contributed by atoms with van der Waals surface area (Å²) in [5.41, 5.74) is 4.91. The lowest BCUT2D eigenvalue weighted by atomic mass is 10.0. The van der Waals surface area contributed by atoms with Crippen LogP contribution >= 0.6 is 0 Å². The Morgan fingerprint density at radius 2 is 1.97 bits per heavy atom. The normalized spacial score (nSPS) is 15.7. The average Bonchev–Trinajstić information content (AvgIpc) is 3.42. The van der Waals surface area contributed by atoms with E-state index < -0.39 is 0 Å². The topological polar surface area (TPSA) is 105 Å². The quantitative estimate of drug-likeness (QED) is 0.439.